The molecule has 2 heterocycles. The summed E-state index contributed by atoms with van der Waals surface area (Å²) < 4.78 is 17.7. The van der Waals surface area contributed by atoms with Gasteiger partial charge in [-0.3, -0.25) is 4.21 Å². The van der Waals surface area contributed by atoms with Crippen molar-refractivity contribution in [3.63, 3.8) is 0 Å². The number of carbonyl (C=O) groups is 1. The van der Waals surface area contributed by atoms with Crippen LogP contribution in [-0.4, -0.2) is 51.9 Å². The molecule has 1 aliphatic carbocycles. The van der Waals surface area contributed by atoms with Gasteiger partial charge >= 0.3 is 6.03 Å². The first-order valence-corrected chi connectivity index (χ1v) is 10.5. The molecular weight excluding hydrogens is 332 g/mol. The summed E-state index contributed by atoms with van der Waals surface area (Å²) in [5.74, 6) is 0. The fourth-order valence-electron chi connectivity index (χ4n) is 3.25. The summed E-state index contributed by atoms with van der Waals surface area (Å²) in [5, 5.41) is 7.10. The molecule has 2 aliphatic rings. The van der Waals surface area contributed by atoms with Crippen molar-refractivity contribution in [1.82, 2.24) is 10.2 Å². The Morgan fingerprint density at radius 2 is 2.30 bits per heavy atom. The fourth-order valence-corrected chi connectivity index (χ4v) is 5.09. The third kappa shape index (κ3) is 3.61. The molecule has 0 spiro atoms. The van der Waals surface area contributed by atoms with Gasteiger partial charge in [0.2, 0.25) is 0 Å². The minimum atomic E-state index is -0.898. The Morgan fingerprint density at radius 3 is 2.87 bits per heavy atom. The van der Waals surface area contributed by atoms with E-state index < -0.39 is 10.8 Å². The van der Waals surface area contributed by atoms with Gasteiger partial charge in [0, 0.05) is 30.1 Å². The van der Waals surface area contributed by atoms with E-state index in [1.165, 1.54) is 0 Å². The molecule has 0 aromatic carbocycles. The van der Waals surface area contributed by atoms with E-state index in [0.717, 1.165) is 24.8 Å². The van der Waals surface area contributed by atoms with E-state index in [-0.39, 0.29) is 23.0 Å². The van der Waals surface area contributed by atoms with Crippen molar-refractivity contribution in [2.24, 2.45) is 0 Å². The van der Waals surface area contributed by atoms with Crippen LogP contribution < -0.4 is 5.32 Å². The largest absolute Gasteiger partial charge is 0.367 e. The topological polar surface area (TPSA) is 58.6 Å². The monoisotopic (exact) mass is 356 g/mol. The normalized spacial score (nSPS) is 28.0. The molecule has 1 aromatic rings. The zero-order valence-electron chi connectivity index (χ0n) is 13.6. The second kappa shape index (κ2) is 6.91. The van der Waals surface area contributed by atoms with Gasteiger partial charge in [-0.25, -0.2) is 4.79 Å². The van der Waals surface area contributed by atoms with Crippen LogP contribution in [0.15, 0.2) is 16.8 Å². The van der Waals surface area contributed by atoms with Gasteiger partial charge in [0.25, 0.3) is 0 Å². The zero-order chi connectivity index (χ0) is 16.4. The summed E-state index contributed by atoms with van der Waals surface area (Å²) >= 11 is 1.64. The Bertz CT molecular complexity index is 572. The van der Waals surface area contributed by atoms with E-state index in [4.69, 9.17) is 4.74 Å². The minimum absolute atomic E-state index is 0.0115. The van der Waals surface area contributed by atoms with Crippen molar-refractivity contribution >= 4 is 28.2 Å². The van der Waals surface area contributed by atoms with Gasteiger partial charge in [-0.2, -0.15) is 11.3 Å². The predicted molar refractivity (Wildman–Crippen MR) is 93.2 cm³/mol. The van der Waals surface area contributed by atoms with Crippen molar-refractivity contribution < 1.29 is 13.7 Å². The van der Waals surface area contributed by atoms with E-state index in [1.807, 2.05) is 23.3 Å². The lowest BCUT2D eigenvalue weighted by molar-refractivity contribution is -0.0655. The average molecular weight is 357 g/mol. The zero-order valence-corrected chi connectivity index (χ0v) is 15.3. The standard InChI is InChI=1S/C16H24N2O3S2/c1-12-8-18(9-14(21-12)13-4-7-22-10-13)15(19)17-11-16(23(2)20)5-3-6-16/h4,7,10,12,14H,3,5-6,8-9,11H2,1-2H3,(H,17,19). The van der Waals surface area contributed by atoms with Crippen LogP contribution in [0.2, 0.25) is 0 Å². The van der Waals surface area contributed by atoms with Crippen molar-refractivity contribution in [3.8, 4) is 0 Å². The van der Waals surface area contributed by atoms with Crippen LogP contribution >= 0.6 is 11.3 Å². The molecule has 0 bridgehead atoms. The molecule has 2 amide bonds. The Labute approximate surface area is 143 Å². The summed E-state index contributed by atoms with van der Waals surface area (Å²) in [6.07, 6.45) is 4.67. The number of ether oxygens (including phenoxy) is 1. The number of morpholine rings is 1. The first-order valence-electron chi connectivity index (χ1n) is 8.04. The molecule has 7 heteroatoms. The first kappa shape index (κ1) is 16.9. The number of amides is 2. The number of nitrogens with zero attached hydrogens (tertiary/aromatic N) is 1. The van der Waals surface area contributed by atoms with Crippen LogP contribution in [-0.2, 0) is 15.5 Å². The number of hydrogen-bond acceptors (Lipinski definition) is 4. The van der Waals surface area contributed by atoms with Crippen LogP contribution in [0.25, 0.3) is 0 Å². The lowest BCUT2D eigenvalue weighted by Gasteiger charge is -2.41. The highest BCUT2D eigenvalue weighted by Crippen LogP contribution is 2.36. The molecule has 1 aromatic heterocycles. The molecule has 1 N–H and O–H groups in total. The van der Waals surface area contributed by atoms with E-state index in [1.54, 1.807) is 17.6 Å². The van der Waals surface area contributed by atoms with Gasteiger partial charge in [-0.15, -0.1) is 0 Å². The Morgan fingerprint density at radius 1 is 1.52 bits per heavy atom. The van der Waals surface area contributed by atoms with Crippen LogP contribution in [0.4, 0.5) is 4.79 Å². The smallest absolute Gasteiger partial charge is 0.317 e. The van der Waals surface area contributed by atoms with Crippen molar-refractivity contribution in [1.29, 1.82) is 0 Å². The highest BCUT2D eigenvalue weighted by molar-refractivity contribution is 7.85. The highest BCUT2D eigenvalue weighted by atomic mass is 32.2. The van der Waals surface area contributed by atoms with Crippen LogP contribution in [0.3, 0.4) is 0 Å². The second-order valence-corrected chi connectivity index (χ2v) is 9.10. The molecule has 5 nitrogen and oxygen atoms in total. The maximum absolute atomic E-state index is 12.5. The predicted octanol–water partition coefficient (Wildman–Crippen LogP) is 2.52. The molecule has 2 fully saturated rings. The highest BCUT2D eigenvalue weighted by Gasteiger charge is 2.41. The van der Waals surface area contributed by atoms with E-state index in [0.29, 0.717) is 19.6 Å². The number of nitrogens with one attached hydrogen (secondary N) is 1. The van der Waals surface area contributed by atoms with Gasteiger partial charge < -0.3 is 15.0 Å². The van der Waals surface area contributed by atoms with Crippen LogP contribution in [0, 0.1) is 0 Å². The van der Waals surface area contributed by atoms with Gasteiger partial charge in [0.05, 0.1) is 17.4 Å². The molecule has 128 valence electrons. The minimum Gasteiger partial charge on any atom is -0.367 e. The second-order valence-electron chi connectivity index (χ2n) is 6.55. The molecule has 3 atom stereocenters. The van der Waals surface area contributed by atoms with E-state index in [9.17, 15) is 9.00 Å². The summed E-state index contributed by atoms with van der Waals surface area (Å²) in [4.78, 5) is 14.4. The lowest BCUT2D eigenvalue weighted by Crippen LogP contribution is -2.55. The van der Waals surface area contributed by atoms with Crippen molar-refractivity contribution in [2.45, 2.75) is 43.1 Å². The Balaban J connectivity index is 1.59. The van der Waals surface area contributed by atoms with Crippen LogP contribution in [0.1, 0.15) is 37.9 Å². The number of carbonyl (C=O) groups excluding carboxylic acids is 1. The molecule has 1 aliphatic heterocycles. The quantitative estimate of drug-likeness (QED) is 0.902. The van der Waals surface area contributed by atoms with Crippen LogP contribution in [0.5, 0.6) is 0 Å². The lowest BCUT2D eigenvalue weighted by atomic mass is 9.84. The number of urea groups is 1. The molecule has 3 rings (SSSR count). The molecular formula is C16H24N2O3S2. The number of hydrogen-bond donors (Lipinski definition) is 1. The third-order valence-corrected chi connectivity index (χ3v) is 7.37. The summed E-state index contributed by atoms with van der Waals surface area (Å²) in [6, 6.07) is 1.98. The average Bonchev–Trinajstić information content (AvgIpc) is 2.99. The summed E-state index contributed by atoms with van der Waals surface area (Å²) in [7, 11) is -0.898. The fraction of sp³-hybridized carbons (Fsp3) is 0.688. The maximum Gasteiger partial charge on any atom is 0.317 e. The third-order valence-electron chi connectivity index (χ3n) is 4.90. The van der Waals surface area contributed by atoms with Crippen molar-refractivity contribution in [2.75, 3.05) is 25.9 Å². The van der Waals surface area contributed by atoms with E-state index in [2.05, 4.69) is 10.7 Å². The maximum atomic E-state index is 12.5. The SMILES string of the molecule is CC1CN(C(=O)NCC2(S(C)=O)CCC2)CC(c2ccsc2)O1. The molecule has 3 unspecified atom stereocenters. The summed E-state index contributed by atoms with van der Waals surface area (Å²) in [5.41, 5.74) is 1.13. The number of thiophene rings is 1. The Kier molecular flexibility index (Phi) is 5.08. The number of rotatable bonds is 4. The van der Waals surface area contributed by atoms with Gasteiger partial charge in [0.1, 0.15) is 6.10 Å². The van der Waals surface area contributed by atoms with Gasteiger partial charge in [0.15, 0.2) is 0 Å². The molecule has 23 heavy (non-hydrogen) atoms. The first-order chi connectivity index (χ1) is 11.0. The molecule has 1 saturated carbocycles. The Hall–Kier alpha value is -0.920. The van der Waals surface area contributed by atoms with E-state index >= 15 is 0 Å². The summed E-state index contributed by atoms with van der Waals surface area (Å²) in [6.45, 7) is 3.65. The molecule has 1 saturated heterocycles. The van der Waals surface area contributed by atoms with Crippen molar-refractivity contribution in [3.05, 3.63) is 22.4 Å². The molecule has 0 radical (unpaired) electrons. The van der Waals surface area contributed by atoms with Gasteiger partial charge in [-0.1, -0.05) is 6.42 Å². The van der Waals surface area contributed by atoms with Gasteiger partial charge in [-0.05, 0) is 42.2 Å².